The highest BCUT2D eigenvalue weighted by molar-refractivity contribution is 9.08. The van der Waals surface area contributed by atoms with Crippen LogP contribution < -0.4 is 10.7 Å². The fourth-order valence-corrected chi connectivity index (χ4v) is 4.55. The van der Waals surface area contributed by atoms with Crippen LogP contribution in [0.5, 0.6) is 5.75 Å². The van der Waals surface area contributed by atoms with Crippen LogP contribution in [0.15, 0.2) is 88.1 Å². The number of benzene rings is 4. The molecule has 178 valence electrons. The molecule has 0 unspecified atom stereocenters. The Morgan fingerprint density at radius 3 is 2.42 bits per heavy atom. The molecule has 0 radical (unpaired) electrons. The average Bonchev–Trinajstić information content (AvgIpc) is 2.87. The quantitative estimate of drug-likeness (QED) is 0.182. The lowest BCUT2D eigenvalue weighted by Crippen LogP contribution is -2.14. The van der Waals surface area contributed by atoms with E-state index >= 15 is 0 Å². The van der Waals surface area contributed by atoms with Gasteiger partial charge in [0, 0.05) is 50.8 Å². The van der Waals surface area contributed by atoms with Gasteiger partial charge < -0.3 is 19.9 Å². The number of rotatable bonds is 5. The molecule has 7 nitrogen and oxygen atoms in total. The number of nitrogens with one attached hydrogen (secondary N) is 1. The summed E-state index contributed by atoms with van der Waals surface area (Å²) in [5, 5.41) is 24.1. The van der Waals surface area contributed by atoms with Crippen molar-refractivity contribution in [3.05, 3.63) is 106 Å². The molecule has 8 heteroatoms. The summed E-state index contributed by atoms with van der Waals surface area (Å²) < 4.78 is 5.88. The molecule has 0 fully saturated rings. The topological polar surface area (TPSA) is 117 Å². The largest absolute Gasteiger partial charge is 0.508 e. The Bertz CT molecular complexity index is 1670. The minimum absolute atomic E-state index is 0.0458. The standard InChI is InChI=1S/C28H18BrNO6/c29-14-15-4-6-16(7-5-15)27(33)30-22-3-1-2-21(28(34)35)26(22)25-19-10-8-17(31)12-23(19)36-24-13-18(32)9-11-20(24)25/h1-13,31H,14H2,(H,30,33)(H,34,35). The van der Waals surface area contributed by atoms with Gasteiger partial charge in [-0.15, -0.1) is 0 Å². The minimum atomic E-state index is -1.19. The van der Waals surface area contributed by atoms with Gasteiger partial charge in [-0.3, -0.25) is 9.59 Å². The van der Waals surface area contributed by atoms with Crippen molar-refractivity contribution in [2.45, 2.75) is 5.33 Å². The van der Waals surface area contributed by atoms with Crippen molar-refractivity contribution < 1.29 is 24.2 Å². The van der Waals surface area contributed by atoms with Crippen molar-refractivity contribution in [1.29, 1.82) is 0 Å². The second-order valence-electron chi connectivity index (χ2n) is 8.13. The number of hydrogen-bond acceptors (Lipinski definition) is 5. The van der Waals surface area contributed by atoms with E-state index in [1.807, 2.05) is 12.1 Å². The molecule has 0 saturated heterocycles. The highest BCUT2D eigenvalue weighted by Crippen LogP contribution is 2.44. The highest BCUT2D eigenvalue weighted by atomic mass is 79.9. The summed E-state index contributed by atoms with van der Waals surface area (Å²) >= 11 is 3.38. The lowest BCUT2D eigenvalue weighted by molar-refractivity contribution is 0.0697. The van der Waals surface area contributed by atoms with Gasteiger partial charge in [-0.1, -0.05) is 34.1 Å². The smallest absolute Gasteiger partial charge is 0.336 e. The first kappa shape index (κ1) is 23.3. The van der Waals surface area contributed by atoms with Crippen molar-refractivity contribution in [2.75, 3.05) is 5.32 Å². The monoisotopic (exact) mass is 543 g/mol. The highest BCUT2D eigenvalue weighted by Gasteiger charge is 2.25. The van der Waals surface area contributed by atoms with Gasteiger partial charge in [0.25, 0.3) is 5.91 Å². The van der Waals surface area contributed by atoms with E-state index in [9.17, 15) is 24.6 Å². The van der Waals surface area contributed by atoms with Crippen molar-refractivity contribution in [3.63, 3.8) is 0 Å². The average molecular weight is 544 g/mol. The van der Waals surface area contributed by atoms with Crippen LogP contribution in [0.3, 0.4) is 0 Å². The predicted octanol–water partition coefficient (Wildman–Crippen LogP) is 6.12. The Labute approximate surface area is 213 Å². The third kappa shape index (κ3) is 4.23. The molecule has 1 aliphatic heterocycles. The van der Waals surface area contributed by atoms with Gasteiger partial charge in [0.05, 0.1) is 5.56 Å². The van der Waals surface area contributed by atoms with Gasteiger partial charge in [-0.2, -0.15) is 0 Å². The van der Waals surface area contributed by atoms with Crippen molar-refractivity contribution in [3.8, 4) is 28.2 Å². The van der Waals surface area contributed by atoms with Crippen LogP contribution in [0.1, 0.15) is 26.3 Å². The molecule has 0 saturated carbocycles. The maximum absolute atomic E-state index is 13.1. The third-order valence-electron chi connectivity index (χ3n) is 5.84. The van der Waals surface area contributed by atoms with Gasteiger partial charge in [0.1, 0.15) is 17.1 Å². The summed E-state index contributed by atoms with van der Waals surface area (Å²) in [6.07, 6.45) is 0. The Morgan fingerprint density at radius 2 is 1.69 bits per heavy atom. The number of carbonyl (C=O) groups is 2. The number of carboxylic acids is 1. The molecule has 1 aliphatic carbocycles. The van der Waals surface area contributed by atoms with E-state index in [0.29, 0.717) is 27.4 Å². The summed E-state index contributed by atoms with van der Waals surface area (Å²) in [5.41, 5.74) is 2.80. The van der Waals surface area contributed by atoms with E-state index in [2.05, 4.69) is 21.2 Å². The Balaban J connectivity index is 1.78. The third-order valence-corrected chi connectivity index (χ3v) is 6.49. The summed E-state index contributed by atoms with van der Waals surface area (Å²) in [5.74, 6) is -1.43. The zero-order chi connectivity index (χ0) is 25.4. The van der Waals surface area contributed by atoms with Gasteiger partial charge in [-0.05, 0) is 54.1 Å². The fourth-order valence-electron chi connectivity index (χ4n) is 4.17. The van der Waals surface area contributed by atoms with Crippen LogP contribution in [-0.2, 0) is 5.33 Å². The lowest BCUT2D eigenvalue weighted by Gasteiger charge is -2.20. The van der Waals surface area contributed by atoms with Crippen LogP contribution in [-0.4, -0.2) is 22.1 Å². The van der Waals surface area contributed by atoms with Crippen molar-refractivity contribution in [2.24, 2.45) is 0 Å². The van der Waals surface area contributed by atoms with E-state index in [-0.39, 0.29) is 39.3 Å². The van der Waals surface area contributed by atoms with Crippen molar-refractivity contribution >= 4 is 44.5 Å². The Morgan fingerprint density at radius 1 is 0.917 bits per heavy atom. The number of fused-ring (bicyclic) bond motifs is 2. The van der Waals surface area contributed by atoms with Gasteiger partial charge in [0.15, 0.2) is 5.43 Å². The summed E-state index contributed by atoms with van der Waals surface area (Å²) in [7, 11) is 0. The molecule has 2 aliphatic rings. The molecular formula is C28H18BrNO6. The Hall–Kier alpha value is -4.43. The number of phenols is 1. The fraction of sp³-hybridized carbons (Fsp3) is 0.0357. The second-order valence-corrected chi connectivity index (χ2v) is 8.69. The molecule has 0 spiro atoms. The number of aromatic carboxylic acids is 1. The van der Waals surface area contributed by atoms with E-state index in [1.165, 1.54) is 30.3 Å². The molecule has 0 aromatic heterocycles. The predicted molar refractivity (Wildman–Crippen MR) is 140 cm³/mol. The number of carboxylic acid groups (broad SMARTS) is 1. The molecule has 1 amide bonds. The first-order valence-electron chi connectivity index (χ1n) is 10.9. The lowest BCUT2D eigenvalue weighted by atomic mass is 9.89. The molecule has 0 atom stereocenters. The number of alkyl halides is 1. The van der Waals surface area contributed by atoms with Crippen LogP contribution in [0.25, 0.3) is 33.4 Å². The van der Waals surface area contributed by atoms with E-state index in [1.54, 1.807) is 36.4 Å². The molecule has 3 aromatic carbocycles. The number of amides is 1. The maximum atomic E-state index is 13.1. The summed E-state index contributed by atoms with van der Waals surface area (Å²) in [6.45, 7) is 0. The number of phenolic OH excluding ortho intramolecular Hbond substituents is 1. The number of anilines is 1. The van der Waals surface area contributed by atoms with Crippen LogP contribution in [0.4, 0.5) is 5.69 Å². The van der Waals surface area contributed by atoms with Crippen molar-refractivity contribution in [1.82, 2.24) is 0 Å². The zero-order valence-electron chi connectivity index (χ0n) is 18.6. The number of halogens is 1. The minimum Gasteiger partial charge on any atom is -0.508 e. The number of carbonyl (C=O) groups excluding carboxylic acids is 1. The molecule has 5 rings (SSSR count). The molecule has 3 aromatic rings. The first-order chi connectivity index (χ1) is 17.4. The first-order valence-corrected chi connectivity index (χ1v) is 12.0. The summed E-state index contributed by atoms with van der Waals surface area (Å²) in [4.78, 5) is 37.5. The maximum Gasteiger partial charge on any atom is 0.336 e. The van der Waals surface area contributed by atoms with Gasteiger partial charge in [0.2, 0.25) is 0 Å². The van der Waals surface area contributed by atoms with E-state index < -0.39 is 11.9 Å². The molecule has 1 heterocycles. The number of hydrogen-bond donors (Lipinski definition) is 3. The molecule has 36 heavy (non-hydrogen) atoms. The van der Waals surface area contributed by atoms with Crippen LogP contribution in [0, 0.1) is 0 Å². The van der Waals surface area contributed by atoms with Gasteiger partial charge in [-0.25, -0.2) is 4.79 Å². The normalized spacial score (nSPS) is 11.0. The van der Waals surface area contributed by atoms with Crippen LogP contribution >= 0.6 is 15.9 Å². The second kappa shape index (κ2) is 9.31. The van der Waals surface area contributed by atoms with E-state index in [4.69, 9.17) is 4.42 Å². The molecule has 3 N–H and O–H groups in total. The van der Waals surface area contributed by atoms with Crippen LogP contribution in [0.2, 0.25) is 0 Å². The summed E-state index contributed by atoms with van der Waals surface area (Å²) in [6, 6.07) is 20.3. The number of aromatic hydroxyl groups is 1. The van der Waals surface area contributed by atoms with E-state index in [0.717, 1.165) is 5.56 Å². The molecular weight excluding hydrogens is 526 g/mol. The zero-order valence-corrected chi connectivity index (χ0v) is 20.2. The van der Waals surface area contributed by atoms with Gasteiger partial charge >= 0.3 is 5.97 Å². The molecule has 0 bridgehead atoms. The SMILES string of the molecule is O=C(Nc1cccc(C(=O)O)c1-c1c2ccc(=O)cc-2oc2cc(O)ccc12)c1ccc(CBr)cc1. The Kier molecular flexibility index (Phi) is 6.03.